The fourth-order valence-corrected chi connectivity index (χ4v) is 1.87. The Morgan fingerprint density at radius 2 is 2.26 bits per heavy atom. The summed E-state index contributed by atoms with van der Waals surface area (Å²) in [5, 5.41) is 12.2. The molecule has 0 aliphatic carbocycles. The lowest BCUT2D eigenvalue weighted by atomic mass is 10.1. The lowest BCUT2D eigenvalue weighted by Gasteiger charge is -2.17. The van der Waals surface area contributed by atoms with Gasteiger partial charge in [-0.3, -0.25) is 4.90 Å². The predicted molar refractivity (Wildman–Crippen MR) is 76.8 cm³/mol. The molecular formula is C13H20ClN3O2. The van der Waals surface area contributed by atoms with Crippen molar-refractivity contribution in [1.82, 2.24) is 4.90 Å². The molecule has 106 valence electrons. The third-order valence-electron chi connectivity index (χ3n) is 2.72. The van der Waals surface area contributed by atoms with E-state index in [0.717, 1.165) is 25.3 Å². The van der Waals surface area contributed by atoms with Gasteiger partial charge in [-0.25, -0.2) is 0 Å². The summed E-state index contributed by atoms with van der Waals surface area (Å²) in [6.45, 7) is 4.97. The Balaban J connectivity index is 2.64. The summed E-state index contributed by atoms with van der Waals surface area (Å²) in [4.78, 5) is 2.13. The number of nitrogens with zero attached hydrogens (tertiary/aromatic N) is 2. The summed E-state index contributed by atoms with van der Waals surface area (Å²) in [5.74, 6) is 0.0538. The molecule has 0 amide bonds. The standard InChI is InChI=1S/C13H20ClN3O2/c1-3-19-7-6-17(2)9-11-5-4-10(8-12(11)14)13(15)16-18/h4-5,8,18H,3,6-7,9H2,1-2H3,(H2,15,16). The van der Waals surface area contributed by atoms with Gasteiger partial charge in [0.15, 0.2) is 5.84 Å². The highest BCUT2D eigenvalue weighted by Crippen LogP contribution is 2.19. The van der Waals surface area contributed by atoms with E-state index in [1.165, 1.54) is 0 Å². The Bertz CT molecular complexity index is 438. The van der Waals surface area contributed by atoms with Crippen LogP contribution in [0.25, 0.3) is 0 Å². The molecule has 0 atom stereocenters. The van der Waals surface area contributed by atoms with E-state index in [1.807, 2.05) is 20.0 Å². The van der Waals surface area contributed by atoms with Crippen molar-refractivity contribution in [3.05, 3.63) is 34.3 Å². The topological polar surface area (TPSA) is 71.1 Å². The molecule has 3 N–H and O–H groups in total. The van der Waals surface area contributed by atoms with Crippen LogP contribution in [-0.2, 0) is 11.3 Å². The Morgan fingerprint density at radius 3 is 2.84 bits per heavy atom. The number of halogens is 1. The van der Waals surface area contributed by atoms with Crippen molar-refractivity contribution in [2.24, 2.45) is 10.9 Å². The van der Waals surface area contributed by atoms with Gasteiger partial charge in [-0.1, -0.05) is 28.9 Å². The zero-order chi connectivity index (χ0) is 14.3. The number of nitrogens with two attached hydrogens (primary N) is 1. The van der Waals surface area contributed by atoms with Gasteiger partial charge in [-0.15, -0.1) is 0 Å². The molecule has 0 aliphatic heterocycles. The number of rotatable bonds is 7. The number of ether oxygens (including phenoxy) is 1. The molecule has 5 nitrogen and oxygen atoms in total. The average molecular weight is 286 g/mol. The molecule has 1 aromatic rings. The molecular weight excluding hydrogens is 266 g/mol. The normalized spacial score (nSPS) is 12.1. The van der Waals surface area contributed by atoms with Crippen molar-refractivity contribution in [3.63, 3.8) is 0 Å². The first kappa shape index (κ1) is 15.8. The molecule has 19 heavy (non-hydrogen) atoms. The smallest absolute Gasteiger partial charge is 0.170 e. The fraction of sp³-hybridized carbons (Fsp3) is 0.462. The molecule has 0 bridgehead atoms. The highest BCUT2D eigenvalue weighted by atomic mass is 35.5. The molecule has 1 aromatic carbocycles. The number of amidine groups is 1. The molecule has 0 fully saturated rings. The van der Waals surface area contributed by atoms with Crippen molar-refractivity contribution in [3.8, 4) is 0 Å². The van der Waals surface area contributed by atoms with Gasteiger partial charge < -0.3 is 15.7 Å². The Hall–Kier alpha value is -1.30. The van der Waals surface area contributed by atoms with Crippen LogP contribution < -0.4 is 5.73 Å². The van der Waals surface area contributed by atoms with Gasteiger partial charge in [0.2, 0.25) is 0 Å². The second-order valence-electron chi connectivity index (χ2n) is 4.23. The maximum Gasteiger partial charge on any atom is 0.170 e. The second kappa shape index (κ2) is 7.99. The van der Waals surface area contributed by atoms with Crippen molar-refractivity contribution in [2.75, 3.05) is 26.8 Å². The minimum atomic E-state index is 0.0538. The molecule has 0 spiro atoms. The fourth-order valence-electron chi connectivity index (χ4n) is 1.63. The lowest BCUT2D eigenvalue weighted by molar-refractivity contribution is 0.120. The van der Waals surface area contributed by atoms with Crippen molar-refractivity contribution in [2.45, 2.75) is 13.5 Å². The van der Waals surface area contributed by atoms with Crippen molar-refractivity contribution >= 4 is 17.4 Å². The van der Waals surface area contributed by atoms with E-state index < -0.39 is 0 Å². The van der Waals surface area contributed by atoms with Crippen LogP contribution in [0.15, 0.2) is 23.4 Å². The largest absolute Gasteiger partial charge is 0.409 e. The highest BCUT2D eigenvalue weighted by molar-refractivity contribution is 6.31. The summed E-state index contributed by atoms with van der Waals surface area (Å²) in [7, 11) is 2.01. The predicted octanol–water partition coefficient (Wildman–Crippen LogP) is 1.90. The number of oxime groups is 1. The zero-order valence-corrected chi connectivity index (χ0v) is 12.0. The van der Waals surface area contributed by atoms with Crippen LogP contribution >= 0.6 is 11.6 Å². The molecule has 0 saturated carbocycles. The molecule has 0 unspecified atom stereocenters. The van der Waals surface area contributed by atoms with E-state index in [1.54, 1.807) is 12.1 Å². The number of benzene rings is 1. The first-order chi connectivity index (χ1) is 9.08. The lowest BCUT2D eigenvalue weighted by Crippen LogP contribution is -2.23. The minimum absolute atomic E-state index is 0.0538. The van der Waals surface area contributed by atoms with E-state index in [2.05, 4.69) is 10.1 Å². The Morgan fingerprint density at radius 1 is 1.53 bits per heavy atom. The van der Waals surface area contributed by atoms with E-state index in [-0.39, 0.29) is 5.84 Å². The quantitative estimate of drug-likeness (QED) is 0.264. The molecule has 0 radical (unpaired) electrons. The Labute approximate surface area is 118 Å². The van der Waals surface area contributed by atoms with Crippen LogP contribution in [0.5, 0.6) is 0 Å². The molecule has 0 heterocycles. The van der Waals surface area contributed by atoms with Crippen LogP contribution in [-0.4, -0.2) is 42.7 Å². The van der Waals surface area contributed by atoms with Gasteiger partial charge in [0.1, 0.15) is 0 Å². The van der Waals surface area contributed by atoms with E-state index >= 15 is 0 Å². The van der Waals surface area contributed by atoms with Crippen LogP contribution in [0, 0.1) is 0 Å². The summed E-state index contributed by atoms with van der Waals surface area (Å²) in [6.07, 6.45) is 0. The number of hydrogen-bond donors (Lipinski definition) is 2. The number of likely N-dealkylation sites (N-methyl/N-ethyl adjacent to an activating group) is 1. The van der Waals surface area contributed by atoms with Crippen LogP contribution in [0.4, 0.5) is 0 Å². The summed E-state index contributed by atoms with van der Waals surface area (Å²) < 4.78 is 5.30. The van der Waals surface area contributed by atoms with Crippen LogP contribution in [0.3, 0.4) is 0 Å². The van der Waals surface area contributed by atoms with Gasteiger partial charge in [-0.05, 0) is 25.6 Å². The maximum atomic E-state index is 8.61. The second-order valence-corrected chi connectivity index (χ2v) is 4.63. The van der Waals surface area contributed by atoms with Gasteiger partial charge in [0.25, 0.3) is 0 Å². The van der Waals surface area contributed by atoms with Crippen molar-refractivity contribution in [1.29, 1.82) is 0 Å². The zero-order valence-electron chi connectivity index (χ0n) is 11.3. The summed E-state index contributed by atoms with van der Waals surface area (Å²) in [6, 6.07) is 5.36. The third-order valence-corrected chi connectivity index (χ3v) is 3.07. The van der Waals surface area contributed by atoms with Gasteiger partial charge in [0, 0.05) is 30.3 Å². The van der Waals surface area contributed by atoms with E-state index in [0.29, 0.717) is 17.2 Å². The van der Waals surface area contributed by atoms with Crippen LogP contribution in [0.1, 0.15) is 18.1 Å². The third kappa shape index (κ3) is 5.06. The summed E-state index contributed by atoms with van der Waals surface area (Å²) in [5.41, 5.74) is 7.11. The van der Waals surface area contributed by atoms with E-state index in [9.17, 15) is 0 Å². The molecule has 1 rings (SSSR count). The summed E-state index contributed by atoms with van der Waals surface area (Å²) >= 11 is 6.19. The Kier molecular flexibility index (Phi) is 6.62. The van der Waals surface area contributed by atoms with Gasteiger partial charge in [0.05, 0.1) is 6.61 Å². The van der Waals surface area contributed by atoms with E-state index in [4.69, 9.17) is 27.3 Å². The molecule has 0 aromatic heterocycles. The number of hydrogen-bond acceptors (Lipinski definition) is 4. The molecule has 0 saturated heterocycles. The monoisotopic (exact) mass is 285 g/mol. The minimum Gasteiger partial charge on any atom is -0.409 e. The van der Waals surface area contributed by atoms with Gasteiger partial charge in [-0.2, -0.15) is 0 Å². The molecule has 0 aliphatic rings. The first-order valence-electron chi connectivity index (χ1n) is 6.11. The highest BCUT2D eigenvalue weighted by Gasteiger charge is 2.07. The first-order valence-corrected chi connectivity index (χ1v) is 6.48. The van der Waals surface area contributed by atoms with Crippen molar-refractivity contribution < 1.29 is 9.94 Å². The molecule has 6 heteroatoms. The van der Waals surface area contributed by atoms with Crippen LogP contribution in [0.2, 0.25) is 5.02 Å². The van der Waals surface area contributed by atoms with Gasteiger partial charge >= 0.3 is 0 Å². The SMILES string of the molecule is CCOCCN(C)Cc1ccc(/C(N)=N/O)cc1Cl. The maximum absolute atomic E-state index is 8.61. The average Bonchev–Trinajstić information content (AvgIpc) is 2.40.